The number of nitrogen functional groups attached to an aromatic ring is 1. The van der Waals surface area contributed by atoms with E-state index in [1.54, 1.807) is 12.1 Å². The van der Waals surface area contributed by atoms with E-state index in [1.807, 2.05) is 42.5 Å². The van der Waals surface area contributed by atoms with E-state index in [2.05, 4.69) is 29.8 Å². The van der Waals surface area contributed by atoms with Gasteiger partial charge < -0.3 is 14.9 Å². The first-order chi connectivity index (χ1) is 14.8. The molecule has 5 rings (SSSR count). The van der Waals surface area contributed by atoms with Gasteiger partial charge in [0.15, 0.2) is 0 Å². The van der Waals surface area contributed by atoms with Crippen molar-refractivity contribution in [2.45, 2.75) is 32.5 Å². The molecule has 2 aromatic heterocycles. The van der Waals surface area contributed by atoms with E-state index in [9.17, 15) is 4.79 Å². The maximum Gasteiger partial charge on any atom is 0.230 e. The predicted octanol–water partition coefficient (Wildman–Crippen LogP) is 5.92. The Hall–Kier alpha value is -2.96. The van der Waals surface area contributed by atoms with Crippen LogP contribution in [0.4, 0.5) is 5.69 Å². The van der Waals surface area contributed by atoms with E-state index in [-0.39, 0.29) is 17.1 Å². The minimum Gasteiger partial charge on any atom is -0.432 e. The van der Waals surface area contributed by atoms with Crippen LogP contribution in [0.1, 0.15) is 41.1 Å². The Morgan fingerprint density at radius 1 is 1.06 bits per heavy atom. The van der Waals surface area contributed by atoms with Gasteiger partial charge in [-0.1, -0.05) is 46.3 Å². The molecule has 0 unspecified atom stereocenters. The van der Waals surface area contributed by atoms with E-state index >= 15 is 0 Å². The van der Waals surface area contributed by atoms with Crippen molar-refractivity contribution in [3.05, 3.63) is 81.5 Å². The van der Waals surface area contributed by atoms with Gasteiger partial charge in [0, 0.05) is 27.6 Å². The molecule has 0 bridgehead atoms. The number of nitrogens with zero attached hydrogens (tertiary/aromatic N) is 1. The molecular formula is C25H21BrN2O3. The van der Waals surface area contributed by atoms with Crippen LogP contribution in [-0.2, 0) is 17.8 Å². The third-order valence-corrected chi connectivity index (χ3v) is 6.19. The molecule has 0 amide bonds. The minimum atomic E-state index is -0.352. The summed E-state index contributed by atoms with van der Waals surface area (Å²) >= 11 is 3.39. The number of fused-ring (bicyclic) bond motifs is 3. The summed E-state index contributed by atoms with van der Waals surface area (Å²) in [5, 5.41) is 0.714. The number of carbonyl (C=O) groups excluding carboxylic acids is 1. The molecule has 2 N–H and O–H groups in total. The number of rotatable bonds is 3. The zero-order valence-electron chi connectivity index (χ0n) is 17.2. The van der Waals surface area contributed by atoms with Gasteiger partial charge in [0.1, 0.15) is 0 Å². The number of carbonyl (C=O) groups is 1. The Balaban J connectivity index is 1.75. The van der Waals surface area contributed by atoms with Gasteiger partial charge in [-0.05, 0) is 43.7 Å². The van der Waals surface area contributed by atoms with Gasteiger partial charge in [-0.2, -0.15) is 0 Å². The summed E-state index contributed by atoms with van der Waals surface area (Å²) in [6.07, 6.45) is 0.650. The molecule has 2 aromatic carbocycles. The topological polar surface area (TPSA) is 78.4 Å². The van der Waals surface area contributed by atoms with Crippen molar-refractivity contribution in [3.8, 4) is 11.3 Å². The molecule has 156 valence electrons. The largest absolute Gasteiger partial charge is 0.432 e. The zero-order valence-corrected chi connectivity index (χ0v) is 18.8. The highest BCUT2D eigenvalue weighted by atomic mass is 79.9. The van der Waals surface area contributed by atoms with Crippen LogP contribution in [0.2, 0.25) is 0 Å². The Bertz CT molecular complexity index is 1310. The van der Waals surface area contributed by atoms with Crippen molar-refractivity contribution >= 4 is 38.5 Å². The molecule has 4 aromatic rings. The van der Waals surface area contributed by atoms with Crippen LogP contribution in [-0.4, -0.2) is 16.4 Å². The number of hydrogen-bond acceptors (Lipinski definition) is 5. The maximum atomic E-state index is 13.2. The number of aromatic nitrogens is 1. The van der Waals surface area contributed by atoms with E-state index < -0.39 is 0 Å². The molecule has 0 aliphatic carbocycles. The van der Waals surface area contributed by atoms with Crippen molar-refractivity contribution in [3.63, 3.8) is 0 Å². The molecule has 5 nitrogen and oxygen atoms in total. The minimum absolute atomic E-state index is 0.126. The average Bonchev–Trinajstić information content (AvgIpc) is 3.09. The Morgan fingerprint density at radius 2 is 1.77 bits per heavy atom. The number of hydrogen-bond donors (Lipinski definition) is 1. The molecule has 31 heavy (non-hydrogen) atoms. The average molecular weight is 477 g/mol. The third kappa shape index (κ3) is 3.46. The molecule has 0 atom stereocenters. The van der Waals surface area contributed by atoms with Gasteiger partial charge >= 0.3 is 0 Å². The molecule has 1 aliphatic rings. The number of furan rings is 1. The normalized spacial score (nSPS) is 15.1. The van der Waals surface area contributed by atoms with Gasteiger partial charge in [0.25, 0.3) is 0 Å². The second-order valence-corrected chi connectivity index (χ2v) is 9.29. The summed E-state index contributed by atoms with van der Waals surface area (Å²) in [4.78, 5) is 17.9. The summed E-state index contributed by atoms with van der Waals surface area (Å²) in [7, 11) is 0. The summed E-state index contributed by atoms with van der Waals surface area (Å²) in [5.74, 6) is -0.133. The van der Waals surface area contributed by atoms with Crippen LogP contribution in [0.3, 0.4) is 0 Å². The standard InChI is InChI=1S/C25H21BrN2O3/c1-25(2)12-17-18(13-30-25)21(14-6-4-3-5-7-14)28-24-19(17)20(27)23(31-24)22(29)15-8-10-16(26)11-9-15/h3-11H,12-13,27H2,1-2H3. The number of nitrogens with two attached hydrogens (primary N) is 1. The highest BCUT2D eigenvalue weighted by Crippen LogP contribution is 2.42. The second kappa shape index (κ2) is 7.32. The van der Waals surface area contributed by atoms with Gasteiger partial charge in [-0.15, -0.1) is 0 Å². The SMILES string of the molecule is CC1(C)Cc2c(c(-c3ccccc3)nc3oc(C(=O)c4ccc(Br)cc4)c(N)c23)CO1. The number of benzene rings is 2. The second-order valence-electron chi connectivity index (χ2n) is 8.37. The van der Waals surface area contributed by atoms with Crippen LogP contribution in [0.5, 0.6) is 0 Å². The van der Waals surface area contributed by atoms with Crippen LogP contribution < -0.4 is 5.73 Å². The van der Waals surface area contributed by atoms with Crippen molar-refractivity contribution in [2.75, 3.05) is 5.73 Å². The van der Waals surface area contributed by atoms with E-state index in [0.717, 1.165) is 26.9 Å². The lowest BCUT2D eigenvalue weighted by molar-refractivity contribution is -0.0395. The first-order valence-corrected chi connectivity index (χ1v) is 10.9. The summed E-state index contributed by atoms with van der Waals surface area (Å²) < 4.78 is 13.0. The molecule has 0 radical (unpaired) electrons. The predicted molar refractivity (Wildman–Crippen MR) is 124 cm³/mol. The molecule has 6 heteroatoms. The van der Waals surface area contributed by atoms with Crippen molar-refractivity contribution in [1.82, 2.24) is 4.98 Å². The van der Waals surface area contributed by atoms with Crippen molar-refractivity contribution < 1.29 is 13.9 Å². The fraction of sp³-hybridized carbons (Fsp3) is 0.200. The smallest absolute Gasteiger partial charge is 0.230 e. The molecule has 0 saturated heterocycles. The first-order valence-electron chi connectivity index (χ1n) is 10.1. The van der Waals surface area contributed by atoms with Crippen LogP contribution in [0, 0.1) is 0 Å². The molecule has 0 spiro atoms. The fourth-order valence-electron chi connectivity index (χ4n) is 4.10. The lowest BCUT2D eigenvalue weighted by atomic mass is 9.87. The van der Waals surface area contributed by atoms with E-state index in [0.29, 0.717) is 35.4 Å². The Kier molecular flexibility index (Phi) is 4.72. The van der Waals surface area contributed by atoms with Crippen molar-refractivity contribution in [2.24, 2.45) is 0 Å². The first kappa shape index (κ1) is 20.0. The highest BCUT2D eigenvalue weighted by Gasteiger charge is 2.33. The molecule has 3 heterocycles. The number of halogens is 1. The number of ketones is 1. The summed E-state index contributed by atoms with van der Waals surface area (Å²) in [5.41, 5.74) is 11.2. The number of anilines is 1. The van der Waals surface area contributed by atoms with Crippen molar-refractivity contribution in [1.29, 1.82) is 0 Å². The Labute approximate surface area is 188 Å². The number of ether oxygens (including phenoxy) is 1. The van der Waals surface area contributed by atoms with Crippen LogP contribution in [0.25, 0.3) is 22.4 Å². The molecule has 1 aliphatic heterocycles. The molecular weight excluding hydrogens is 456 g/mol. The quantitative estimate of drug-likeness (QED) is 0.371. The fourth-order valence-corrected chi connectivity index (χ4v) is 4.36. The highest BCUT2D eigenvalue weighted by molar-refractivity contribution is 9.10. The molecule has 0 saturated carbocycles. The van der Waals surface area contributed by atoms with Gasteiger partial charge in [0.05, 0.1) is 29.0 Å². The van der Waals surface area contributed by atoms with Gasteiger partial charge in [-0.3, -0.25) is 4.79 Å². The van der Waals surface area contributed by atoms with E-state index in [4.69, 9.17) is 19.9 Å². The van der Waals surface area contributed by atoms with Gasteiger partial charge in [-0.25, -0.2) is 4.98 Å². The maximum absolute atomic E-state index is 13.2. The van der Waals surface area contributed by atoms with Gasteiger partial charge in [0.2, 0.25) is 17.3 Å². The lowest BCUT2D eigenvalue weighted by Gasteiger charge is -2.33. The molecule has 0 fully saturated rings. The zero-order chi connectivity index (χ0) is 21.8. The summed E-state index contributed by atoms with van der Waals surface area (Å²) in [6, 6.07) is 17.1. The van der Waals surface area contributed by atoms with E-state index in [1.165, 1.54) is 0 Å². The van der Waals surface area contributed by atoms with Crippen LogP contribution >= 0.6 is 15.9 Å². The lowest BCUT2D eigenvalue weighted by Crippen LogP contribution is -2.32. The Morgan fingerprint density at radius 3 is 2.48 bits per heavy atom. The number of pyridine rings is 1. The summed E-state index contributed by atoms with van der Waals surface area (Å²) in [6.45, 7) is 4.53. The third-order valence-electron chi connectivity index (χ3n) is 5.66. The van der Waals surface area contributed by atoms with Crippen LogP contribution in [0.15, 0.2) is 63.5 Å². The monoisotopic (exact) mass is 476 g/mol.